The Bertz CT molecular complexity index is 758. The Morgan fingerprint density at radius 3 is 3.04 bits per heavy atom. The molecule has 3 heterocycles. The summed E-state index contributed by atoms with van der Waals surface area (Å²) in [5.41, 5.74) is 3.39. The molecule has 7 nitrogen and oxygen atoms in total. The van der Waals surface area contributed by atoms with E-state index < -0.39 is 0 Å². The molecule has 1 amide bonds. The fourth-order valence-corrected chi connectivity index (χ4v) is 3.50. The number of carbonyl (C=O) groups excluding carboxylic acids is 1. The summed E-state index contributed by atoms with van der Waals surface area (Å²) in [6.45, 7) is 1.97. The molecule has 0 saturated heterocycles. The number of carbonyl (C=O) groups is 1. The van der Waals surface area contributed by atoms with Crippen LogP contribution in [-0.4, -0.2) is 33.7 Å². The van der Waals surface area contributed by atoms with Crippen LogP contribution in [0.25, 0.3) is 0 Å². The lowest BCUT2D eigenvalue weighted by Crippen LogP contribution is -2.28. The average molecular weight is 378 g/mol. The highest BCUT2D eigenvalue weighted by Crippen LogP contribution is 2.25. The maximum Gasteiger partial charge on any atom is 0.272 e. The van der Waals surface area contributed by atoms with Gasteiger partial charge in [0.2, 0.25) is 5.88 Å². The van der Waals surface area contributed by atoms with E-state index in [1.54, 1.807) is 6.20 Å². The van der Waals surface area contributed by atoms with Crippen LogP contribution in [0.2, 0.25) is 0 Å². The largest absolute Gasteiger partial charge is 0.474 e. The molecule has 0 atom stereocenters. The highest BCUT2D eigenvalue weighted by molar-refractivity contribution is 5.94. The van der Waals surface area contributed by atoms with Gasteiger partial charge < -0.3 is 15.4 Å². The van der Waals surface area contributed by atoms with Gasteiger partial charge >= 0.3 is 0 Å². The van der Waals surface area contributed by atoms with Crippen molar-refractivity contribution in [2.24, 2.45) is 0 Å². The van der Waals surface area contributed by atoms with E-state index in [4.69, 9.17) is 4.74 Å². The van der Waals surface area contributed by atoms with Gasteiger partial charge in [0.1, 0.15) is 6.10 Å². The molecule has 140 valence electrons. The van der Waals surface area contributed by atoms with Crippen molar-refractivity contribution in [3.63, 3.8) is 0 Å². The molecule has 2 aromatic rings. The summed E-state index contributed by atoms with van der Waals surface area (Å²) < 4.78 is 6.03. The maximum atomic E-state index is 12.5. The van der Waals surface area contributed by atoms with Crippen LogP contribution in [0.1, 0.15) is 53.0 Å². The van der Waals surface area contributed by atoms with Crippen LogP contribution in [0, 0.1) is 0 Å². The molecule has 1 fully saturated rings. The van der Waals surface area contributed by atoms with Crippen LogP contribution < -0.4 is 15.4 Å². The number of H-pyrrole nitrogens is 1. The molecule has 0 spiro atoms. The minimum Gasteiger partial charge on any atom is -0.474 e. The van der Waals surface area contributed by atoms with E-state index in [0.29, 0.717) is 24.7 Å². The van der Waals surface area contributed by atoms with Crippen molar-refractivity contribution in [2.75, 3.05) is 6.54 Å². The third-order valence-corrected chi connectivity index (χ3v) is 4.89. The first kappa shape index (κ1) is 18.7. The number of amides is 1. The van der Waals surface area contributed by atoms with Crippen molar-refractivity contribution in [3.8, 4) is 5.88 Å². The number of halogens is 1. The molecule has 1 aliphatic heterocycles. The van der Waals surface area contributed by atoms with E-state index in [1.165, 1.54) is 12.8 Å². The molecule has 2 aliphatic rings. The number of hydrogen-bond donors (Lipinski definition) is 3. The number of pyridine rings is 1. The summed E-state index contributed by atoms with van der Waals surface area (Å²) in [6, 6.07) is 3.81. The summed E-state index contributed by atoms with van der Waals surface area (Å²) in [5.74, 6) is 0.456. The quantitative estimate of drug-likeness (QED) is 0.742. The van der Waals surface area contributed by atoms with Crippen molar-refractivity contribution in [1.82, 2.24) is 25.8 Å². The Morgan fingerprint density at radius 1 is 1.35 bits per heavy atom. The van der Waals surface area contributed by atoms with Gasteiger partial charge in [0.05, 0.1) is 0 Å². The van der Waals surface area contributed by atoms with E-state index in [-0.39, 0.29) is 24.4 Å². The molecule has 0 unspecified atom stereocenters. The molecule has 0 bridgehead atoms. The summed E-state index contributed by atoms with van der Waals surface area (Å²) in [7, 11) is 0. The van der Waals surface area contributed by atoms with Gasteiger partial charge in [-0.3, -0.25) is 9.89 Å². The molecule has 0 aromatic carbocycles. The first-order valence-electron chi connectivity index (χ1n) is 8.97. The highest BCUT2D eigenvalue weighted by Gasteiger charge is 2.22. The molecule has 26 heavy (non-hydrogen) atoms. The number of rotatable bonds is 5. The highest BCUT2D eigenvalue weighted by atomic mass is 35.5. The molecular weight excluding hydrogens is 354 g/mol. The molecule has 0 radical (unpaired) electrons. The van der Waals surface area contributed by atoms with Gasteiger partial charge in [0, 0.05) is 49.1 Å². The molecule has 4 rings (SSSR count). The molecule has 1 saturated carbocycles. The van der Waals surface area contributed by atoms with Gasteiger partial charge in [-0.15, -0.1) is 12.4 Å². The second kappa shape index (κ2) is 8.51. The zero-order valence-corrected chi connectivity index (χ0v) is 15.4. The Hall–Kier alpha value is -2.12. The van der Waals surface area contributed by atoms with E-state index in [0.717, 1.165) is 42.6 Å². The van der Waals surface area contributed by atoms with Gasteiger partial charge in [0.25, 0.3) is 5.91 Å². The smallest absolute Gasteiger partial charge is 0.272 e. The van der Waals surface area contributed by atoms with E-state index in [9.17, 15) is 4.79 Å². The van der Waals surface area contributed by atoms with Crippen LogP contribution in [0.4, 0.5) is 0 Å². The first-order chi connectivity index (χ1) is 12.3. The lowest BCUT2D eigenvalue weighted by molar-refractivity contribution is 0.0944. The maximum absolute atomic E-state index is 12.5. The third kappa shape index (κ3) is 3.99. The number of hydrogen-bond acceptors (Lipinski definition) is 5. The van der Waals surface area contributed by atoms with Crippen LogP contribution in [0.3, 0.4) is 0 Å². The van der Waals surface area contributed by atoms with Gasteiger partial charge in [-0.05, 0) is 31.7 Å². The fraction of sp³-hybridized carbons (Fsp3) is 0.500. The zero-order valence-electron chi connectivity index (χ0n) is 14.6. The second-order valence-corrected chi connectivity index (χ2v) is 6.63. The molecule has 8 heteroatoms. The van der Waals surface area contributed by atoms with Crippen molar-refractivity contribution in [1.29, 1.82) is 0 Å². The Labute approximate surface area is 158 Å². The van der Waals surface area contributed by atoms with Gasteiger partial charge in [0.15, 0.2) is 5.69 Å². The van der Waals surface area contributed by atoms with Gasteiger partial charge in [-0.1, -0.05) is 6.07 Å². The summed E-state index contributed by atoms with van der Waals surface area (Å²) in [4.78, 5) is 16.9. The van der Waals surface area contributed by atoms with Crippen LogP contribution in [0.5, 0.6) is 5.88 Å². The standard InChI is InChI=1S/C18H23N5O2.ClH/c24-17(16-14-11-19-9-7-15(14)22-23-16)21-10-12-4-3-8-20-18(12)25-13-5-1-2-6-13;/h3-4,8,13,19H,1-2,5-7,9-11H2,(H,21,24)(H,22,23);1H. The molecule has 3 N–H and O–H groups in total. The van der Waals surface area contributed by atoms with Crippen molar-refractivity contribution in [2.45, 2.75) is 51.3 Å². The predicted molar refractivity (Wildman–Crippen MR) is 99.5 cm³/mol. The normalized spacial score (nSPS) is 16.6. The van der Waals surface area contributed by atoms with Crippen molar-refractivity contribution >= 4 is 18.3 Å². The zero-order chi connectivity index (χ0) is 17.1. The Morgan fingerprint density at radius 2 is 2.19 bits per heavy atom. The number of aromatic amines is 1. The third-order valence-electron chi connectivity index (χ3n) is 4.89. The minimum absolute atomic E-state index is 0. The van der Waals surface area contributed by atoms with Crippen LogP contribution in [-0.2, 0) is 19.5 Å². The monoisotopic (exact) mass is 377 g/mol. The van der Waals surface area contributed by atoms with E-state index in [2.05, 4.69) is 25.8 Å². The predicted octanol–water partition coefficient (Wildman–Crippen LogP) is 2.12. The summed E-state index contributed by atoms with van der Waals surface area (Å²) >= 11 is 0. The van der Waals surface area contributed by atoms with Crippen LogP contribution >= 0.6 is 12.4 Å². The number of nitrogens with zero attached hydrogens (tertiary/aromatic N) is 2. The van der Waals surface area contributed by atoms with Crippen molar-refractivity contribution < 1.29 is 9.53 Å². The summed E-state index contributed by atoms with van der Waals surface area (Å²) in [5, 5.41) is 13.4. The SMILES string of the molecule is Cl.O=C(NCc1cccnc1OC1CCCC1)c1n[nH]c2c1CNCC2. The van der Waals surface area contributed by atoms with Gasteiger partial charge in [-0.25, -0.2) is 4.98 Å². The van der Waals surface area contributed by atoms with Crippen LogP contribution in [0.15, 0.2) is 18.3 Å². The Balaban J connectivity index is 0.00000196. The lowest BCUT2D eigenvalue weighted by atomic mass is 10.1. The number of aromatic nitrogens is 3. The average Bonchev–Trinajstić information content (AvgIpc) is 3.30. The Kier molecular flexibility index (Phi) is 6.11. The molecule has 2 aromatic heterocycles. The number of nitrogens with one attached hydrogen (secondary N) is 3. The number of fused-ring (bicyclic) bond motifs is 1. The van der Waals surface area contributed by atoms with E-state index in [1.807, 2.05) is 12.1 Å². The first-order valence-corrected chi connectivity index (χ1v) is 8.97. The summed E-state index contributed by atoms with van der Waals surface area (Å²) in [6.07, 6.45) is 7.42. The molecular formula is C18H24ClN5O2. The minimum atomic E-state index is -0.170. The number of ether oxygens (including phenoxy) is 1. The fourth-order valence-electron chi connectivity index (χ4n) is 3.50. The second-order valence-electron chi connectivity index (χ2n) is 6.63. The topological polar surface area (TPSA) is 91.9 Å². The van der Waals surface area contributed by atoms with E-state index >= 15 is 0 Å². The van der Waals surface area contributed by atoms with Gasteiger partial charge in [-0.2, -0.15) is 5.10 Å². The molecule has 1 aliphatic carbocycles. The van der Waals surface area contributed by atoms with Crippen molar-refractivity contribution in [3.05, 3.63) is 40.8 Å². The lowest BCUT2D eigenvalue weighted by Gasteiger charge is -2.16.